The third-order valence-corrected chi connectivity index (χ3v) is 12.8. The molecule has 5 heteroatoms. The Bertz CT molecular complexity index is 901. The van der Waals surface area contributed by atoms with Crippen LogP contribution in [0, 0.1) is 5.92 Å². The molecule has 3 atom stereocenters. The SMILES string of the molecule is C=C(SC)[C@H]1CCN2C(=O)C[C@H](O[Si](c3ccccc3)(c3ccccc3)C(C)(C)C)[C@H]12. The van der Waals surface area contributed by atoms with Crippen molar-refractivity contribution in [2.24, 2.45) is 5.92 Å². The third-order valence-electron chi connectivity index (χ3n) is 6.95. The predicted molar refractivity (Wildman–Crippen MR) is 133 cm³/mol. The lowest BCUT2D eigenvalue weighted by Gasteiger charge is -2.45. The molecule has 0 aromatic heterocycles. The van der Waals surface area contributed by atoms with Crippen LogP contribution < -0.4 is 10.4 Å². The van der Waals surface area contributed by atoms with E-state index in [1.54, 1.807) is 11.8 Å². The topological polar surface area (TPSA) is 29.5 Å². The number of thioether (sulfide) groups is 1. The van der Waals surface area contributed by atoms with Gasteiger partial charge in [0, 0.05) is 12.5 Å². The summed E-state index contributed by atoms with van der Waals surface area (Å²) in [4.78, 5) is 16.2. The van der Waals surface area contributed by atoms with Gasteiger partial charge < -0.3 is 9.33 Å². The Morgan fingerprint density at radius 2 is 1.61 bits per heavy atom. The highest BCUT2D eigenvalue weighted by Gasteiger charge is 2.56. The summed E-state index contributed by atoms with van der Waals surface area (Å²) in [7, 11) is -2.69. The summed E-state index contributed by atoms with van der Waals surface area (Å²) in [5.41, 5.74) is 0. The van der Waals surface area contributed by atoms with Crippen molar-refractivity contribution >= 4 is 36.4 Å². The van der Waals surface area contributed by atoms with Crippen LogP contribution in [0.25, 0.3) is 0 Å². The summed E-state index contributed by atoms with van der Waals surface area (Å²) >= 11 is 1.71. The van der Waals surface area contributed by atoms with Crippen LogP contribution >= 0.6 is 11.8 Å². The highest BCUT2D eigenvalue weighted by molar-refractivity contribution is 8.02. The van der Waals surface area contributed by atoms with Crippen molar-refractivity contribution in [1.82, 2.24) is 4.90 Å². The lowest BCUT2D eigenvalue weighted by atomic mass is 9.96. The van der Waals surface area contributed by atoms with Gasteiger partial charge in [-0.25, -0.2) is 0 Å². The zero-order chi connectivity index (χ0) is 22.2. The van der Waals surface area contributed by atoms with Gasteiger partial charge in [0.15, 0.2) is 0 Å². The van der Waals surface area contributed by atoms with Crippen LogP contribution in [0.2, 0.25) is 5.04 Å². The zero-order valence-corrected chi connectivity index (χ0v) is 20.8. The minimum atomic E-state index is -2.69. The minimum absolute atomic E-state index is 0.0918. The first-order valence-electron chi connectivity index (χ1n) is 11.1. The average molecular weight is 452 g/mol. The van der Waals surface area contributed by atoms with Crippen molar-refractivity contribution < 1.29 is 9.22 Å². The van der Waals surface area contributed by atoms with E-state index in [1.165, 1.54) is 15.3 Å². The smallest absolute Gasteiger partial charge is 0.261 e. The number of benzene rings is 2. The van der Waals surface area contributed by atoms with Crippen LogP contribution in [0.15, 0.2) is 72.1 Å². The molecule has 1 amide bonds. The zero-order valence-electron chi connectivity index (χ0n) is 19.0. The molecule has 0 spiro atoms. The van der Waals surface area contributed by atoms with Gasteiger partial charge in [0.05, 0.1) is 18.6 Å². The van der Waals surface area contributed by atoms with Gasteiger partial charge in [-0.1, -0.05) is 88.0 Å². The van der Waals surface area contributed by atoms with Crippen LogP contribution in [-0.4, -0.2) is 44.1 Å². The van der Waals surface area contributed by atoms with Crippen molar-refractivity contribution in [2.75, 3.05) is 12.8 Å². The Hall–Kier alpha value is -1.82. The Morgan fingerprint density at radius 1 is 1.06 bits per heavy atom. The van der Waals surface area contributed by atoms with Gasteiger partial charge in [0.2, 0.25) is 5.91 Å². The molecule has 0 aliphatic carbocycles. The molecule has 31 heavy (non-hydrogen) atoms. The summed E-state index contributed by atoms with van der Waals surface area (Å²) in [6.07, 6.45) is 3.42. The van der Waals surface area contributed by atoms with E-state index in [2.05, 4.69) is 99.2 Å². The average Bonchev–Trinajstić information content (AvgIpc) is 3.33. The maximum Gasteiger partial charge on any atom is 0.261 e. The summed E-state index contributed by atoms with van der Waals surface area (Å²) in [6.45, 7) is 12.0. The van der Waals surface area contributed by atoms with Crippen molar-refractivity contribution in [3.63, 3.8) is 0 Å². The van der Waals surface area contributed by atoms with E-state index < -0.39 is 8.32 Å². The number of rotatable bonds is 6. The van der Waals surface area contributed by atoms with Gasteiger partial charge in [-0.05, 0) is 33.0 Å². The van der Waals surface area contributed by atoms with E-state index in [9.17, 15) is 4.79 Å². The molecule has 164 valence electrons. The fraction of sp³-hybridized carbons (Fsp3) is 0.423. The van der Waals surface area contributed by atoms with Crippen LogP contribution in [0.4, 0.5) is 0 Å². The fourth-order valence-electron chi connectivity index (χ4n) is 5.51. The molecule has 4 rings (SSSR count). The standard InChI is InChI=1S/C26H33NO2SSi/c1-19(30-5)22-16-17-27-24(28)18-23(25(22)27)29-31(26(2,3)4,20-12-8-6-9-13-20)21-14-10-7-11-15-21/h6-15,22-23,25H,1,16-18H2,2-5H3/t22-,23+,25+/m1/s1. The molecule has 0 N–H and O–H groups in total. The highest BCUT2D eigenvalue weighted by atomic mass is 32.2. The Balaban J connectivity index is 1.84. The molecule has 2 aromatic carbocycles. The van der Waals surface area contributed by atoms with Crippen molar-refractivity contribution in [3.8, 4) is 0 Å². The molecule has 2 fully saturated rings. The first-order valence-corrected chi connectivity index (χ1v) is 14.2. The van der Waals surface area contributed by atoms with Gasteiger partial charge in [0.25, 0.3) is 8.32 Å². The second-order valence-corrected chi connectivity index (χ2v) is 14.9. The number of carbonyl (C=O) groups excluding carboxylic acids is 1. The van der Waals surface area contributed by atoms with Gasteiger partial charge >= 0.3 is 0 Å². The first kappa shape index (κ1) is 22.4. The Kier molecular flexibility index (Phi) is 6.21. The quantitative estimate of drug-likeness (QED) is 0.609. The Labute approximate surface area is 192 Å². The third kappa shape index (κ3) is 3.81. The van der Waals surface area contributed by atoms with Crippen LogP contribution in [0.5, 0.6) is 0 Å². The largest absolute Gasteiger partial charge is 0.402 e. The molecular formula is C26H33NO2SSi. The van der Waals surface area contributed by atoms with Gasteiger partial charge in [-0.15, -0.1) is 11.8 Å². The van der Waals surface area contributed by atoms with Crippen molar-refractivity contribution in [1.29, 1.82) is 0 Å². The summed E-state index contributed by atoms with van der Waals surface area (Å²) in [6, 6.07) is 21.5. The van der Waals surface area contributed by atoms with E-state index in [-0.39, 0.29) is 23.1 Å². The maximum atomic E-state index is 13.0. The monoisotopic (exact) mass is 451 g/mol. The van der Waals surface area contributed by atoms with Crippen LogP contribution in [-0.2, 0) is 9.22 Å². The van der Waals surface area contributed by atoms with Crippen LogP contribution in [0.1, 0.15) is 33.6 Å². The summed E-state index contributed by atoms with van der Waals surface area (Å²) < 4.78 is 7.37. The lowest BCUT2D eigenvalue weighted by Crippen LogP contribution is -2.68. The van der Waals surface area contributed by atoms with E-state index in [0.717, 1.165) is 13.0 Å². The molecule has 2 aliphatic rings. The number of amides is 1. The minimum Gasteiger partial charge on any atom is -0.402 e. The van der Waals surface area contributed by atoms with Gasteiger partial charge in [-0.3, -0.25) is 4.79 Å². The van der Waals surface area contributed by atoms with Crippen LogP contribution in [0.3, 0.4) is 0 Å². The number of fused-ring (bicyclic) bond motifs is 1. The van der Waals surface area contributed by atoms with E-state index in [1.807, 2.05) is 0 Å². The summed E-state index contributed by atoms with van der Waals surface area (Å²) in [5, 5.41) is 2.42. The molecule has 2 aliphatic heterocycles. The number of hydrogen-bond acceptors (Lipinski definition) is 3. The number of carbonyl (C=O) groups is 1. The fourth-order valence-corrected chi connectivity index (χ4v) is 10.8. The van der Waals surface area contributed by atoms with E-state index in [4.69, 9.17) is 4.43 Å². The summed E-state index contributed by atoms with van der Waals surface area (Å²) in [5.74, 6) is 0.522. The first-order chi connectivity index (χ1) is 14.8. The second-order valence-electron chi connectivity index (χ2n) is 9.67. The Morgan fingerprint density at radius 3 is 2.10 bits per heavy atom. The second kappa shape index (κ2) is 8.61. The number of nitrogens with zero attached hydrogens (tertiary/aromatic N) is 1. The maximum absolute atomic E-state index is 13.0. The van der Waals surface area contributed by atoms with Gasteiger partial charge in [-0.2, -0.15) is 0 Å². The molecule has 0 unspecified atom stereocenters. The highest BCUT2D eigenvalue weighted by Crippen LogP contribution is 2.45. The number of hydrogen-bond donors (Lipinski definition) is 0. The van der Waals surface area contributed by atoms with E-state index >= 15 is 0 Å². The molecule has 2 saturated heterocycles. The molecule has 3 nitrogen and oxygen atoms in total. The normalized spacial score (nSPS) is 23.8. The molecule has 0 saturated carbocycles. The van der Waals surface area contributed by atoms with Gasteiger partial charge in [0.1, 0.15) is 0 Å². The molecule has 0 radical (unpaired) electrons. The van der Waals surface area contributed by atoms with E-state index in [0.29, 0.717) is 12.3 Å². The molecule has 2 heterocycles. The lowest BCUT2D eigenvalue weighted by molar-refractivity contribution is -0.128. The molecule has 2 aromatic rings. The molecule has 0 bridgehead atoms. The molecular weight excluding hydrogens is 418 g/mol. The van der Waals surface area contributed by atoms with Crippen molar-refractivity contribution in [2.45, 2.75) is 50.8 Å². The predicted octanol–water partition coefficient (Wildman–Crippen LogP) is 4.43. The van der Waals surface area contributed by atoms with Crippen molar-refractivity contribution in [3.05, 3.63) is 72.1 Å².